The highest BCUT2D eigenvalue weighted by molar-refractivity contribution is 5.28. The molecular formula is C17H27NO. The number of nitrogens with two attached hydrogens (primary N) is 1. The van der Waals surface area contributed by atoms with Gasteiger partial charge in [-0.05, 0) is 42.9 Å². The third-order valence-corrected chi connectivity index (χ3v) is 4.30. The van der Waals surface area contributed by atoms with E-state index in [1.807, 2.05) is 12.1 Å². The summed E-state index contributed by atoms with van der Waals surface area (Å²) in [5.41, 5.74) is 7.56. The lowest BCUT2D eigenvalue weighted by Gasteiger charge is -2.23. The van der Waals surface area contributed by atoms with Gasteiger partial charge in [0, 0.05) is 6.04 Å². The Hall–Kier alpha value is -1.02. The zero-order chi connectivity index (χ0) is 13.5. The van der Waals surface area contributed by atoms with Crippen LogP contribution in [0, 0.1) is 5.92 Å². The van der Waals surface area contributed by atoms with Gasteiger partial charge in [-0.1, -0.05) is 44.2 Å². The Morgan fingerprint density at radius 2 is 2.05 bits per heavy atom. The van der Waals surface area contributed by atoms with Gasteiger partial charge < -0.3 is 10.5 Å². The molecule has 0 spiro atoms. The number of rotatable bonds is 6. The molecule has 0 amide bonds. The molecule has 0 aliphatic heterocycles. The maximum Gasteiger partial charge on any atom is 0.119 e. The van der Waals surface area contributed by atoms with Gasteiger partial charge in [0.2, 0.25) is 0 Å². The smallest absolute Gasteiger partial charge is 0.119 e. The molecule has 0 saturated heterocycles. The molecule has 0 bridgehead atoms. The van der Waals surface area contributed by atoms with Crippen LogP contribution >= 0.6 is 0 Å². The second kappa shape index (κ2) is 7.54. The van der Waals surface area contributed by atoms with Crippen LogP contribution in [0.25, 0.3) is 0 Å². The van der Waals surface area contributed by atoms with Crippen molar-refractivity contribution < 1.29 is 4.74 Å². The van der Waals surface area contributed by atoms with Crippen molar-refractivity contribution >= 4 is 0 Å². The van der Waals surface area contributed by atoms with E-state index < -0.39 is 0 Å². The van der Waals surface area contributed by atoms with Crippen LogP contribution in [-0.4, -0.2) is 13.2 Å². The van der Waals surface area contributed by atoms with Crippen LogP contribution in [-0.2, 0) is 6.42 Å². The molecule has 2 N–H and O–H groups in total. The summed E-state index contributed by atoms with van der Waals surface area (Å²) in [4.78, 5) is 0. The quantitative estimate of drug-likeness (QED) is 0.842. The van der Waals surface area contributed by atoms with Crippen molar-refractivity contribution in [1.82, 2.24) is 0 Å². The van der Waals surface area contributed by atoms with E-state index >= 15 is 0 Å². The molecule has 1 saturated carbocycles. The van der Waals surface area contributed by atoms with Gasteiger partial charge in [-0.3, -0.25) is 0 Å². The minimum absolute atomic E-state index is 0.286. The molecule has 106 valence electrons. The first-order valence-corrected chi connectivity index (χ1v) is 7.66. The predicted molar refractivity (Wildman–Crippen MR) is 80.5 cm³/mol. The van der Waals surface area contributed by atoms with Crippen molar-refractivity contribution in [2.45, 2.75) is 57.4 Å². The second-order valence-corrected chi connectivity index (χ2v) is 5.90. The SMILES string of the molecule is COc1cccc(CC(N)CCC2CCCCC2)c1. The van der Waals surface area contributed by atoms with Crippen LogP contribution in [0.2, 0.25) is 0 Å². The Kier molecular flexibility index (Phi) is 5.71. The molecule has 1 aliphatic rings. The van der Waals surface area contributed by atoms with Crippen LogP contribution in [0.5, 0.6) is 5.75 Å². The van der Waals surface area contributed by atoms with E-state index in [0.717, 1.165) is 24.5 Å². The summed E-state index contributed by atoms with van der Waals surface area (Å²) in [5, 5.41) is 0. The lowest BCUT2D eigenvalue weighted by molar-refractivity contribution is 0.323. The summed E-state index contributed by atoms with van der Waals surface area (Å²) in [6, 6.07) is 8.55. The molecule has 2 rings (SSSR count). The average molecular weight is 261 g/mol. The summed E-state index contributed by atoms with van der Waals surface area (Å²) in [5.74, 6) is 1.86. The Morgan fingerprint density at radius 3 is 2.79 bits per heavy atom. The maximum atomic E-state index is 6.27. The molecule has 0 aromatic heterocycles. The van der Waals surface area contributed by atoms with Crippen LogP contribution in [0.1, 0.15) is 50.5 Å². The molecule has 0 heterocycles. The van der Waals surface area contributed by atoms with Gasteiger partial charge in [-0.15, -0.1) is 0 Å². The van der Waals surface area contributed by atoms with Crippen molar-refractivity contribution in [3.8, 4) is 5.75 Å². The second-order valence-electron chi connectivity index (χ2n) is 5.90. The van der Waals surface area contributed by atoms with Gasteiger partial charge in [-0.2, -0.15) is 0 Å². The minimum atomic E-state index is 0.286. The molecule has 19 heavy (non-hydrogen) atoms. The van der Waals surface area contributed by atoms with E-state index in [4.69, 9.17) is 10.5 Å². The van der Waals surface area contributed by atoms with Crippen molar-refractivity contribution in [1.29, 1.82) is 0 Å². The molecule has 1 unspecified atom stereocenters. The van der Waals surface area contributed by atoms with Gasteiger partial charge in [0.1, 0.15) is 5.75 Å². The van der Waals surface area contributed by atoms with Crippen LogP contribution in [0.4, 0.5) is 0 Å². The first-order chi connectivity index (χ1) is 9.28. The van der Waals surface area contributed by atoms with Gasteiger partial charge >= 0.3 is 0 Å². The van der Waals surface area contributed by atoms with E-state index in [-0.39, 0.29) is 6.04 Å². The summed E-state index contributed by atoms with van der Waals surface area (Å²) in [6.45, 7) is 0. The lowest BCUT2D eigenvalue weighted by atomic mass is 9.85. The minimum Gasteiger partial charge on any atom is -0.497 e. The summed E-state index contributed by atoms with van der Waals surface area (Å²) >= 11 is 0. The molecule has 1 aliphatic carbocycles. The van der Waals surface area contributed by atoms with Crippen LogP contribution in [0.3, 0.4) is 0 Å². The highest BCUT2D eigenvalue weighted by atomic mass is 16.5. The zero-order valence-corrected chi connectivity index (χ0v) is 12.1. The first kappa shape index (κ1) is 14.4. The van der Waals surface area contributed by atoms with E-state index in [1.54, 1.807) is 7.11 Å². The van der Waals surface area contributed by atoms with Crippen molar-refractivity contribution in [3.63, 3.8) is 0 Å². The largest absolute Gasteiger partial charge is 0.497 e. The molecule has 2 heteroatoms. The van der Waals surface area contributed by atoms with Crippen molar-refractivity contribution in [2.24, 2.45) is 11.7 Å². The Bertz CT molecular complexity index is 371. The average Bonchev–Trinajstić information content (AvgIpc) is 2.46. The normalized spacial score (nSPS) is 18.2. The van der Waals surface area contributed by atoms with E-state index in [1.165, 1.54) is 44.1 Å². The maximum absolute atomic E-state index is 6.27. The van der Waals surface area contributed by atoms with Crippen LogP contribution < -0.4 is 10.5 Å². The molecule has 0 radical (unpaired) electrons. The van der Waals surface area contributed by atoms with Crippen LogP contribution in [0.15, 0.2) is 24.3 Å². The number of hydrogen-bond acceptors (Lipinski definition) is 2. The van der Waals surface area contributed by atoms with Crippen molar-refractivity contribution in [3.05, 3.63) is 29.8 Å². The third kappa shape index (κ3) is 4.87. The Labute approximate surface area is 117 Å². The molecular weight excluding hydrogens is 234 g/mol. The fourth-order valence-corrected chi connectivity index (χ4v) is 3.13. The molecule has 1 atom stereocenters. The Morgan fingerprint density at radius 1 is 1.26 bits per heavy atom. The van der Waals surface area contributed by atoms with Gasteiger partial charge in [0.15, 0.2) is 0 Å². The number of ether oxygens (including phenoxy) is 1. The lowest BCUT2D eigenvalue weighted by Crippen LogP contribution is -2.24. The fraction of sp³-hybridized carbons (Fsp3) is 0.647. The van der Waals surface area contributed by atoms with Gasteiger partial charge in [-0.25, -0.2) is 0 Å². The Balaban J connectivity index is 1.75. The van der Waals surface area contributed by atoms with Crippen molar-refractivity contribution in [2.75, 3.05) is 7.11 Å². The van der Waals surface area contributed by atoms with Gasteiger partial charge in [0.05, 0.1) is 7.11 Å². The molecule has 1 aromatic rings. The van der Waals surface area contributed by atoms with E-state index in [0.29, 0.717) is 0 Å². The van der Waals surface area contributed by atoms with E-state index in [2.05, 4.69) is 12.1 Å². The number of methoxy groups -OCH3 is 1. The highest BCUT2D eigenvalue weighted by Crippen LogP contribution is 2.28. The summed E-state index contributed by atoms with van der Waals surface area (Å²) in [6.07, 6.45) is 10.6. The highest BCUT2D eigenvalue weighted by Gasteiger charge is 2.14. The topological polar surface area (TPSA) is 35.2 Å². The van der Waals surface area contributed by atoms with E-state index in [9.17, 15) is 0 Å². The van der Waals surface area contributed by atoms with Gasteiger partial charge in [0.25, 0.3) is 0 Å². The monoisotopic (exact) mass is 261 g/mol. The number of hydrogen-bond donors (Lipinski definition) is 1. The standard InChI is InChI=1S/C17H27NO/c1-19-17-9-5-8-15(13-17)12-16(18)11-10-14-6-3-2-4-7-14/h5,8-9,13-14,16H,2-4,6-7,10-12,18H2,1H3. The fourth-order valence-electron chi connectivity index (χ4n) is 3.13. The molecule has 2 nitrogen and oxygen atoms in total. The summed E-state index contributed by atoms with van der Waals surface area (Å²) in [7, 11) is 1.71. The predicted octanol–water partition coefficient (Wildman–Crippen LogP) is 3.93. The third-order valence-electron chi connectivity index (χ3n) is 4.30. The first-order valence-electron chi connectivity index (χ1n) is 7.66. The molecule has 1 fully saturated rings. The number of benzene rings is 1. The molecule has 1 aromatic carbocycles. The zero-order valence-electron chi connectivity index (χ0n) is 12.1. The summed E-state index contributed by atoms with van der Waals surface area (Å²) < 4.78 is 5.25.